The molecule has 0 unspecified atom stereocenters. The molecule has 0 amide bonds. The number of piperazine rings is 1. The summed E-state index contributed by atoms with van der Waals surface area (Å²) in [5, 5.41) is 0. The van der Waals surface area contributed by atoms with Crippen LogP contribution < -0.4 is 0 Å². The van der Waals surface area contributed by atoms with Crippen molar-refractivity contribution < 1.29 is 8.42 Å². The van der Waals surface area contributed by atoms with Gasteiger partial charge in [-0.15, -0.1) is 0 Å². The molecule has 1 heterocycles. The molecule has 0 aliphatic carbocycles. The number of benzene rings is 1. The summed E-state index contributed by atoms with van der Waals surface area (Å²) in [6.45, 7) is 4.76. The molecule has 0 radical (unpaired) electrons. The third kappa shape index (κ3) is 3.79. The maximum Gasteiger partial charge on any atom is 0.243 e. The Morgan fingerprint density at radius 3 is 2.20 bits per heavy atom. The normalized spacial score (nSPS) is 18.6. The second kappa shape index (κ2) is 6.67. The van der Waals surface area contributed by atoms with Crippen molar-refractivity contribution in [2.45, 2.75) is 4.90 Å². The predicted octanol–water partition coefficient (Wildman–Crippen LogP) is 0.555. The minimum absolute atomic E-state index is 0.391. The zero-order valence-electron chi connectivity index (χ0n) is 12.2. The van der Waals surface area contributed by atoms with E-state index in [9.17, 15) is 8.42 Å². The van der Waals surface area contributed by atoms with Crippen molar-refractivity contribution in [3.63, 3.8) is 0 Å². The number of rotatable bonds is 5. The van der Waals surface area contributed by atoms with Gasteiger partial charge in [0.1, 0.15) is 0 Å². The van der Waals surface area contributed by atoms with Crippen LogP contribution in [-0.2, 0) is 10.0 Å². The van der Waals surface area contributed by atoms with E-state index in [1.165, 1.54) is 0 Å². The van der Waals surface area contributed by atoms with Crippen molar-refractivity contribution in [2.24, 2.45) is 0 Å². The van der Waals surface area contributed by atoms with Crippen LogP contribution >= 0.6 is 0 Å². The van der Waals surface area contributed by atoms with Crippen molar-refractivity contribution in [3.8, 4) is 0 Å². The Morgan fingerprint density at radius 2 is 1.65 bits per heavy atom. The van der Waals surface area contributed by atoms with Crippen LogP contribution in [0.4, 0.5) is 0 Å². The summed E-state index contributed by atoms with van der Waals surface area (Å²) >= 11 is 0. The molecule has 112 valence electrons. The van der Waals surface area contributed by atoms with E-state index in [-0.39, 0.29) is 0 Å². The minimum Gasteiger partial charge on any atom is -0.308 e. The fraction of sp³-hybridized carbons (Fsp3) is 0.571. The molecule has 0 bridgehead atoms. The van der Waals surface area contributed by atoms with Crippen LogP contribution in [0.25, 0.3) is 0 Å². The Labute approximate surface area is 121 Å². The van der Waals surface area contributed by atoms with E-state index in [2.05, 4.69) is 23.9 Å². The summed E-state index contributed by atoms with van der Waals surface area (Å²) in [4.78, 5) is 4.85. The van der Waals surface area contributed by atoms with Crippen molar-refractivity contribution >= 4 is 10.0 Å². The lowest BCUT2D eigenvalue weighted by molar-refractivity contribution is 0.174. The van der Waals surface area contributed by atoms with Gasteiger partial charge in [-0.25, -0.2) is 8.42 Å². The van der Waals surface area contributed by atoms with E-state index in [4.69, 9.17) is 0 Å². The average Bonchev–Trinajstić information content (AvgIpc) is 2.46. The molecule has 1 aliphatic heterocycles. The molecule has 0 N–H and O–H groups in total. The molecule has 6 heteroatoms. The lowest BCUT2D eigenvalue weighted by atomic mass is 10.3. The summed E-state index contributed by atoms with van der Waals surface area (Å²) < 4.78 is 26.5. The average molecular weight is 297 g/mol. The van der Waals surface area contributed by atoms with E-state index in [0.717, 1.165) is 26.2 Å². The van der Waals surface area contributed by atoms with E-state index in [0.29, 0.717) is 18.0 Å². The van der Waals surface area contributed by atoms with Gasteiger partial charge in [0.15, 0.2) is 0 Å². The molecule has 1 saturated heterocycles. The number of hydrogen-bond acceptors (Lipinski definition) is 4. The first-order valence-corrected chi connectivity index (χ1v) is 8.36. The van der Waals surface area contributed by atoms with E-state index >= 15 is 0 Å². The molecule has 1 aromatic carbocycles. The quantitative estimate of drug-likeness (QED) is 0.796. The third-order valence-electron chi connectivity index (χ3n) is 3.58. The van der Waals surface area contributed by atoms with E-state index in [1.54, 1.807) is 28.6 Å². The minimum atomic E-state index is -3.32. The summed E-state index contributed by atoms with van der Waals surface area (Å²) in [6, 6.07) is 8.68. The highest BCUT2D eigenvalue weighted by Gasteiger charge is 2.27. The Kier molecular flexibility index (Phi) is 5.15. The van der Waals surface area contributed by atoms with Gasteiger partial charge in [0.05, 0.1) is 4.90 Å². The number of sulfonamides is 1. The monoisotopic (exact) mass is 297 g/mol. The highest BCUT2D eigenvalue weighted by Crippen LogP contribution is 2.16. The Hall–Kier alpha value is -0.950. The van der Waals surface area contributed by atoms with Crippen LogP contribution in [0.2, 0.25) is 0 Å². The van der Waals surface area contributed by atoms with Gasteiger partial charge in [-0.1, -0.05) is 18.2 Å². The zero-order chi connectivity index (χ0) is 14.6. The van der Waals surface area contributed by atoms with Crippen molar-refractivity contribution in [1.29, 1.82) is 0 Å². The Morgan fingerprint density at radius 1 is 1.05 bits per heavy atom. The summed E-state index contributed by atoms with van der Waals surface area (Å²) in [5.41, 5.74) is 0. The summed E-state index contributed by atoms with van der Waals surface area (Å²) in [7, 11) is 0.783. The molecule has 20 heavy (non-hydrogen) atoms. The maximum atomic E-state index is 12.5. The summed E-state index contributed by atoms with van der Waals surface area (Å²) in [6.07, 6.45) is 0. The van der Waals surface area contributed by atoms with Gasteiger partial charge in [-0.3, -0.25) is 4.90 Å². The second-order valence-electron chi connectivity index (χ2n) is 5.36. The topological polar surface area (TPSA) is 43.9 Å². The van der Waals surface area contributed by atoms with Gasteiger partial charge in [0, 0.05) is 39.3 Å². The molecule has 0 spiro atoms. The van der Waals surface area contributed by atoms with Gasteiger partial charge in [0.25, 0.3) is 0 Å². The van der Waals surface area contributed by atoms with Crippen LogP contribution in [0.5, 0.6) is 0 Å². The molecule has 0 saturated carbocycles. The van der Waals surface area contributed by atoms with Gasteiger partial charge < -0.3 is 4.90 Å². The van der Waals surface area contributed by atoms with Crippen molar-refractivity contribution in [1.82, 2.24) is 14.1 Å². The molecule has 1 fully saturated rings. The SMILES string of the molecule is CN(C)CCN1CCN(S(=O)(=O)c2ccccc2)CC1. The fourth-order valence-corrected chi connectivity index (χ4v) is 3.72. The Bertz CT molecular complexity index is 508. The fourth-order valence-electron chi connectivity index (χ4n) is 2.28. The van der Waals surface area contributed by atoms with Crippen molar-refractivity contribution in [3.05, 3.63) is 30.3 Å². The molecular formula is C14H23N3O2S. The third-order valence-corrected chi connectivity index (χ3v) is 5.49. The molecule has 1 aromatic rings. The van der Waals surface area contributed by atoms with Gasteiger partial charge >= 0.3 is 0 Å². The molecule has 2 rings (SSSR count). The lowest BCUT2D eigenvalue weighted by Gasteiger charge is -2.34. The molecule has 1 aliphatic rings. The van der Waals surface area contributed by atoms with E-state index < -0.39 is 10.0 Å². The van der Waals surface area contributed by atoms with Gasteiger partial charge in [-0.05, 0) is 26.2 Å². The Balaban J connectivity index is 1.94. The first-order valence-electron chi connectivity index (χ1n) is 6.92. The van der Waals surface area contributed by atoms with Crippen LogP contribution in [0.15, 0.2) is 35.2 Å². The molecule has 0 aromatic heterocycles. The summed E-state index contributed by atoms with van der Waals surface area (Å²) in [5.74, 6) is 0. The molecular weight excluding hydrogens is 274 g/mol. The van der Waals surface area contributed by atoms with Crippen LogP contribution in [0, 0.1) is 0 Å². The van der Waals surface area contributed by atoms with Gasteiger partial charge in [0.2, 0.25) is 10.0 Å². The highest BCUT2D eigenvalue weighted by molar-refractivity contribution is 7.89. The van der Waals surface area contributed by atoms with Crippen molar-refractivity contribution in [2.75, 3.05) is 53.4 Å². The van der Waals surface area contributed by atoms with Crippen LogP contribution in [-0.4, -0.2) is 75.9 Å². The zero-order valence-corrected chi connectivity index (χ0v) is 13.0. The lowest BCUT2D eigenvalue weighted by Crippen LogP contribution is -2.49. The largest absolute Gasteiger partial charge is 0.308 e. The first-order chi connectivity index (χ1) is 9.50. The standard InChI is InChI=1S/C14H23N3O2S/c1-15(2)8-9-16-10-12-17(13-11-16)20(18,19)14-6-4-3-5-7-14/h3-7H,8-13H2,1-2H3. The predicted molar refractivity (Wildman–Crippen MR) is 80.2 cm³/mol. The first kappa shape index (κ1) is 15.4. The number of hydrogen-bond donors (Lipinski definition) is 0. The maximum absolute atomic E-state index is 12.5. The number of nitrogens with zero attached hydrogens (tertiary/aromatic N) is 3. The van der Waals surface area contributed by atoms with E-state index in [1.807, 2.05) is 6.07 Å². The molecule has 5 nitrogen and oxygen atoms in total. The highest BCUT2D eigenvalue weighted by atomic mass is 32.2. The second-order valence-corrected chi connectivity index (χ2v) is 7.30. The van der Waals surface area contributed by atoms with Crippen LogP contribution in [0.1, 0.15) is 0 Å². The van der Waals surface area contributed by atoms with Gasteiger partial charge in [-0.2, -0.15) is 4.31 Å². The smallest absolute Gasteiger partial charge is 0.243 e. The molecule has 0 atom stereocenters. The number of likely N-dealkylation sites (N-methyl/N-ethyl adjacent to an activating group) is 1. The van der Waals surface area contributed by atoms with Crippen LogP contribution in [0.3, 0.4) is 0 Å².